The van der Waals surface area contributed by atoms with Crippen LogP contribution in [0.15, 0.2) is 18.6 Å². The lowest BCUT2D eigenvalue weighted by molar-refractivity contribution is 0.266. The summed E-state index contributed by atoms with van der Waals surface area (Å²) in [5.74, 6) is 1.22. The van der Waals surface area contributed by atoms with Gasteiger partial charge in [-0.3, -0.25) is 4.40 Å². The smallest absolute Gasteiger partial charge is 0.234 e. The minimum atomic E-state index is 0.0144. The van der Waals surface area contributed by atoms with Gasteiger partial charge in [0.05, 0.1) is 32.5 Å². The van der Waals surface area contributed by atoms with Crippen LogP contribution < -0.4 is 10.7 Å². The number of nitrogens with two attached hydrogens (primary N) is 1. The predicted molar refractivity (Wildman–Crippen MR) is 59.7 cm³/mol. The highest BCUT2D eigenvalue weighted by Gasteiger charge is 2.10. The second kappa shape index (κ2) is 4.42. The summed E-state index contributed by atoms with van der Waals surface area (Å²) in [6, 6.07) is 0. The van der Waals surface area contributed by atoms with Crippen molar-refractivity contribution in [1.29, 1.82) is 0 Å². The first kappa shape index (κ1) is 10.8. The highest BCUT2D eigenvalue weighted by molar-refractivity contribution is 5.44. The number of anilines is 1. The Bertz CT molecular complexity index is 457. The third kappa shape index (κ3) is 1.70. The van der Waals surface area contributed by atoms with E-state index >= 15 is 0 Å². The van der Waals surface area contributed by atoms with E-state index in [2.05, 4.69) is 4.98 Å². The van der Waals surface area contributed by atoms with E-state index in [-0.39, 0.29) is 13.2 Å². The highest BCUT2D eigenvalue weighted by atomic mass is 16.3. The molecule has 0 fully saturated rings. The van der Waals surface area contributed by atoms with E-state index in [1.165, 1.54) is 0 Å². The van der Waals surface area contributed by atoms with Gasteiger partial charge in [-0.15, -0.1) is 0 Å². The molecule has 2 aromatic heterocycles. The molecule has 0 bridgehead atoms. The fraction of sp³-hybridized carbons (Fsp3) is 0.444. The van der Waals surface area contributed by atoms with E-state index in [0.29, 0.717) is 24.7 Å². The van der Waals surface area contributed by atoms with Crippen LogP contribution in [0.1, 0.15) is 0 Å². The van der Waals surface area contributed by atoms with Gasteiger partial charge in [0.2, 0.25) is 5.78 Å². The Labute approximate surface area is 92.3 Å². The van der Waals surface area contributed by atoms with Crippen LogP contribution in [0, 0.1) is 0 Å². The van der Waals surface area contributed by atoms with Crippen molar-refractivity contribution in [3.8, 4) is 0 Å². The van der Waals surface area contributed by atoms with Crippen LogP contribution in [0.4, 0.5) is 5.82 Å². The quantitative estimate of drug-likeness (QED) is 0.584. The third-order valence-corrected chi connectivity index (χ3v) is 2.39. The van der Waals surface area contributed by atoms with E-state index < -0.39 is 0 Å². The van der Waals surface area contributed by atoms with Gasteiger partial charge in [0.25, 0.3) is 0 Å². The molecule has 0 saturated heterocycles. The third-order valence-electron chi connectivity index (χ3n) is 2.39. The van der Waals surface area contributed by atoms with E-state index in [0.717, 1.165) is 0 Å². The summed E-state index contributed by atoms with van der Waals surface area (Å²) < 4.78 is 3.50. The molecule has 2 rings (SSSR count). The monoisotopic (exact) mass is 225 g/mol. The molecule has 0 radical (unpaired) electrons. The largest absolute Gasteiger partial charge is 0.394 e. The van der Waals surface area contributed by atoms with E-state index in [9.17, 15) is 0 Å². The Morgan fingerprint density at radius 1 is 1.25 bits per heavy atom. The Morgan fingerprint density at radius 3 is 2.56 bits per heavy atom. The Balaban J connectivity index is 2.35. The number of aromatic nitrogens is 3. The van der Waals surface area contributed by atoms with Gasteiger partial charge in [0.1, 0.15) is 5.82 Å². The summed E-state index contributed by atoms with van der Waals surface area (Å²) in [5.41, 5.74) is 5.71. The first-order valence-electron chi connectivity index (χ1n) is 5.04. The van der Waals surface area contributed by atoms with Gasteiger partial charge < -0.3 is 21.0 Å². The van der Waals surface area contributed by atoms with Crippen molar-refractivity contribution >= 4 is 11.6 Å². The molecule has 0 aliphatic carbocycles. The number of nitrogens with zero attached hydrogens (tertiary/aromatic N) is 4. The molecule has 7 nitrogen and oxygen atoms in total. The van der Waals surface area contributed by atoms with Gasteiger partial charge in [0.15, 0.2) is 0 Å². The minimum Gasteiger partial charge on any atom is -0.394 e. The minimum absolute atomic E-state index is 0.0144. The highest BCUT2D eigenvalue weighted by Crippen LogP contribution is 2.09. The summed E-state index contributed by atoms with van der Waals surface area (Å²) >= 11 is 0. The second-order valence-electron chi connectivity index (χ2n) is 3.40. The maximum atomic E-state index is 8.95. The molecule has 2 heterocycles. The van der Waals surface area contributed by atoms with Gasteiger partial charge in [0, 0.05) is 12.4 Å². The van der Waals surface area contributed by atoms with Crippen LogP contribution in [0.25, 0.3) is 5.78 Å². The fourth-order valence-electron chi connectivity index (χ4n) is 1.66. The molecule has 7 heteroatoms. The molecule has 2 aromatic rings. The van der Waals surface area contributed by atoms with Gasteiger partial charge in [-0.25, -0.2) is 9.66 Å². The lowest BCUT2D eigenvalue weighted by Crippen LogP contribution is -2.39. The second-order valence-corrected chi connectivity index (χ2v) is 3.40. The van der Waals surface area contributed by atoms with Crippen LogP contribution in [0.3, 0.4) is 0 Å². The SMILES string of the molecule is Nc1cnc2n(N(CCO)CCO)ccn12. The topological polar surface area (TPSA) is 92.0 Å². The van der Waals surface area contributed by atoms with Crippen LogP contribution in [0.2, 0.25) is 0 Å². The number of hydrogen-bond donors (Lipinski definition) is 3. The summed E-state index contributed by atoms with van der Waals surface area (Å²) in [5, 5.41) is 19.7. The molecule has 0 aliphatic rings. The molecule has 88 valence electrons. The van der Waals surface area contributed by atoms with Crippen molar-refractivity contribution < 1.29 is 10.2 Å². The molecule has 0 spiro atoms. The molecule has 0 unspecified atom stereocenters. The maximum absolute atomic E-state index is 8.95. The Morgan fingerprint density at radius 2 is 1.94 bits per heavy atom. The lowest BCUT2D eigenvalue weighted by atomic mass is 10.6. The van der Waals surface area contributed by atoms with Crippen molar-refractivity contribution in [2.75, 3.05) is 37.0 Å². The number of rotatable bonds is 5. The lowest BCUT2D eigenvalue weighted by Gasteiger charge is -2.23. The molecule has 0 amide bonds. The zero-order valence-corrected chi connectivity index (χ0v) is 8.82. The number of aliphatic hydroxyl groups excluding tert-OH is 2. The number of hydrogen-bond acceptors (Lipinski definition) is 5. The summed E-state index contributed by atoms with van der Waals surface area (Å²) in [4.78, 5) is 4.16. The summed E-state index contributed by atoms with van der Waals surface area (Å²) in [6.07, 6.45) is 5.16. The molecular weight excluding hydrogens is 210 g/mol. The molecule has 0 atom stereocenters. The standard InChI is InChI=1S/C9H15N5O2/c10-8-7-11-9-13(8)1-2-14(9)12(3-5-15)4-6-16/h1-2,7,15-16H,3-6,10H2. The van der Waals surface area contributed by atoms with E-state index in [1.807, 2.05) is 0 Å². The normalized spacial score (nSPS) is 11.1. The number of aliphatic hydroxyl groups is 2. The molecule has 0 saturated carbocycles. The molecule has 0 aliphatic heterocycles. The van der Waals surface area contributed by atoms with Crippen LogP contribution >= 0.6 is 0 Å². The summed E-state index contributed by atoms with van der Waals surface area (Å²) in [6.45, 7) is 0.885. The van der Waals surface area contributed by atoms with Gasteiger partial charge in [-0.1, -0.05) is 0 Å². The zero-order valence-electron chi connectivity index (χ0n) is 8.82. The number of fused-ring (bicyclic) bond motifs is 1. The van der Waals surface area contributed by atoms with Crippen LogP contribution in [-0.2, 0) is 0 Å². The van der Waals surface area contributed by atoms with Crippen molar-refractivity contribution in [1.82, 2.24) is 14.1 Å². The molecule has 0 aromatic carbocycles. The number of imidazole rings is 2. The molecule has 16 heavy (non-hydrogen) atoms. The van der Waals surface area contributed by atoms with Gasteiger partial charge in [-0.2, -0.15) is 0 Å². The average molecular weight is 225 g/mol. The van der Waals surface area contributed by atoms with E-state index in [1.54, 1.807) is 32.7 Å². The molecular formula is C9H15N5O2. The fourth-order valence-corrected chi connectivity index (χ4v) is 1.66. The van der Waals surface area contributed by atoms with E-state index in [4.69, 9.17) is 15.9 Å². The number of nitrogen functional groups attached to an aromatic ring is 1. The van der Waals surface area contributed by atoms with Crippen molar-refractivity contribution in [2.24, 2.45) is 0 Å². The van der Waals surface area contributed by atoms with Crippen molar-refractivity contribution in [3.05, 3.63) is 18.6 Å². The maximum Gasteiger partial charge on any atom is 0.234 e. The van der Waals surface area contributed by atoms with Crippen LogP contribution in [-0.4, -0.2) is 50.6 Å². The van der Waals surface area contributed by atoms with Crippen molar-refractivity contribution in [3.63, 3.8) is 0 Å². The van der Waals surface area contributed by atoms with Gasteiger partial charge in [-0.05, 0) is 0 Å². The zero-order chi connectivity index (χ0) is 11.5. The first-order chi connectivity index (χ1) is 7.77. The van der Waals surface area contributed by atoms with Crippen LogP contribution in [0.5, 0.6) is 0 Å². The first-order valence-corrected chi connectivity index (χ1v) is 5.04. The van der Waals surface area contributed by atoms with Crippen molar-refractivity contribution in [2.45, 2.75) is 0 Å². The Hall–Kier alpha value is -1.73. The Kier molecular flexibility index (Phi) is 2.97. The summed E-state index contributed by atoms with van der Waals surface area (Å²) in [7, 11) is 0. The predicted octanol–water partition coefficient (Wildman–Crippen LogP) is -1.36. The molecule has 4 N–H and O–H groups in total. The average Bonchev–Trinajstić information content (AvgIpc) is 2.82. The van der Waals surface area contributed by atoms with Gasteiger partial charge >= 0.3 is 0 Å².